The Hall–Kier alpha value is -4.10. The third-order valence-corrected chi connectivity index (χ3v) is 6.44. The van der Waals surface area contributed by atoms with E-state index in [9.17, 15) is 9.59 Å². The van der Waals surface area contributed by atoms with Crippen molar-refractivity contribution < 1.29 is 19.1 Å². The molecule has 1 amide bonds. The van der Waals surface area contributed by atoms with Gasteiger partial charge in [-0.25, -0.2) is 14.8 Å². The highest BCUT2D eigenvalue weighted by Gasteiger charge is 2.18. The van der Waals surface area contributed by atoms with Crippen molar-refractivity contribution in [1.29, 1.82) is 0 Å². The predicted octanol–water partition coefficient (Wildman–Crippen LogP) is 5.03. The number of hydrogen-bond donors (Lipinski definition) is 1. The first kappa shape index (κ1) is 24.6. The van der Waals surface area contributed by atoms with E-state index in [-0.39, 0.29) is 18.6 Å². The van der Waals surface area contributed by atoms with Gasteiger partial charge in [0.1, 0.15) is 0 Å². The third-order valence-electron chi connectivity index (χ3n) is 6.44. The quantitative estimate of drug-likeness (QED) is 0.362. The summed E-state index contributed by atoms with van der Waals surface area (Å²) in [7, 11) is 0. The molecule has 1 saturated heterocycles. The monoisotopic (exact) mass is 495 g/mol. The molecule has 0 spiro atoms. The average Bonchev–Trinajstić information content (AvgIpc) is 3.44. The van der Waals surface area contributed by atoms with Crippen LogP contribution in [-0.2, 0) is 14.3 Å². The summed E-state index contributed by atoms with van der Waals surface area (Å²) in [6.45, 7) is 4.88. The van der Waals surface area contributed by atoms with Crippen LogP contribution in [0.4, 0.5) is 0 Å². The Morgan fingerprint density at radius 2 is 1.51 bits per heavy atom. The standard InChI is InChI=1S/C30H29N3O4/c1-19-5-9-21(10-6-19)28-29(22-11-7-20(2)8-12-22)33-26-16-23(13-14-25(26)32-28)30(35)37-18-27(34)31-17-24-4-3-15-36-24/h5-14,16,24H,3-4,15,17-18H2,1-2H3,(H,31,34). The minimum absolute atomic E-state index is 0.0336. The Morgan fingerprint density at radius 1 is 0.892 bits per heavy atom. The number of benzene rings is 3. The molecule has 4 aromatic rings. The Bertz CT molecular complexity index is 1430. The first-order chi connectivity index (χ1) is 18.0. The second kappa shape index (κ2) is 10.9. The van der Waals surface area contributed by atoms with Crippen LogP contribution in [-0.4, -0.2) is 47.7 Å². The van der Waals surface area contributed by atoms with Crippen molar-refractivity contribution in [2.75, 3.05) is 19.8 Å². The van der Waals surface area contributed by atoms with Crippen molar-refractivity contribution in [2.24, 2.45) is 0 Å². The second-order valence-corrected chi connectivity index (χ2v) is 9.37. The van der Waals surface area contributed by atoms with Crippen molar-refractivity contribution in [3.63, 3.8) is 0 Å². The maximum absolute atomic E-state index is 12.7. The van der Waals surface area contributed by atoms with Crippen molar-refractivity contribution in [3.05, 3.63) is 83.4 Å². The molecule has 5 rings (SSSR count). The lowest BCUT2D eigenvalue weighted by molar-refractivity contribution is -0.124. The number of ether oxygens (including phenoxy) is 2. The minimum Gasteiger partial charge on any atom is -0.452 e. The fourth-order valence-corrected chi connectivity index (χ4v) is 4.31. The summed E-state index contributed by atoms with van der Waals surface area (Å²) in [5, 5.41) is 2.75. The van der Waals surface area contributed by atoms with Gasteiger partial charge in [0, 0.05) is 24.3 Å². The Labute approximate surface area is 215 Å². The highest BCUT2D eigenvalue weighted by molar-refractivity contribution is 5.96. The topological polar surface area (TPSA) is 90.4 Å². The number of rotatable bonds is 7. The molecule has 1 aliphatic heterocycles. The normalized spacial score (nSPS) is 15.0. The number of aryl methyl sites for hydroxylation is 2. The lowest BCUT2D eigenvalue weighted by atomic mass is 10.0. The summed E-state index contributed by atoms with van der Waals surface area (Å²) in [5.74, 6) is -0.940. The van der Waals surface area contributed by atoms with Gasteiger partial charge in [-0.3, -0.25) is 4.79 Å². The van der Waals surface area contributed by atoms with Gasteiger partial charge in [0.2, 0.25) is 0 Å². The molecular weight excluding hydrogens is 466 g/mol. The summed E-state index contributed by atoms with van der Waals surface area (Å²) in [5.41, 5.74) is 7.27. The summed E-state index contributed by atoms with van der Waals surface area (Å²) >= 11 is 0. The molecule has 1 unspecified atom stereocenters. The van der Waals surface area contributed by atoms with E-state index >= 15 is 0 Å². The largest absolute Gasteiger partial charge is 0.452 e. The lowest BCUT2D eigenvalue weighted by Gasteiger charge is -2.12. The molecule has 7 heteroatoms. The van der Waals surface area contributed by atoms with E-state index in [1.165, 1.54) is 0 Å². The Morgan fingerprint density at radius 3 is 2.11 bits per heavy atom. The molecule has 1 aliphatic rings. The van der Waals surface area contributed by atoms with Crippen LogP contribution in [0.3, 0.4) is 0 Å². The zero-order valence-corrected chi connectivity index (χ0v) is 21.0. The molecule has 0 radical (unpaired) electrons. The summed E-state index contributed by atoms with van der Waals surface area (Å²) in [6, 6.07) is 21.4. The maximum Gasteiger partial charge on any atom is 0.338 e. The summed E-state index contributed by atoms with van der Waals surface area (Å²) in [4.78, 5) is 34.6. The molecule has 1 fully saturated rings. The van der Waals surface area contributed by atoms with E-state index in [0.717, 1.165) is 53.1 Å². The molecule has 1 aromatic heterocycles. The second-order valence-electron chi connectivity index (χ2n) is 9.37. The van der Waals surface area contributed by atoms with Crippen LogP contribution >= 0.6 is 0 Å². The van der Waals surface area contributed by atoms with Crippen LogP contribution in [0, 0.1) is 13.8 Å². The summed E-state index contributed by atoms with van der Waals surface area (Å²) < 4.78 is 10.7. The molecule has 0 bridgehead atoms. The van der Waals surface area contributed by atoms with E-state index in [4.69, 9.17) is 19.4 Å². The van der Waals surface area contributed by atoms with E-state index in [1.54, 1.807) is 18.2 Å². The van der Waals surface area contributed by atoms with E-state index in [2.05, 4.69) is 17.4 Å². The van der Waals surface area contributed by atoms with Crippen LogP contribution in [0.2, 0.25) is 0 Å². The van der Waals surface area contributed by atoms with Gasteiger partial charge in [-0.2, -0.15) is 0 Å². The molecule has 3 aromatic carbocycles. The fraction of sp³-hybridized carbons (Fsp3) is 0.267. The number of aromatic nitrogens is 2. The Kier molecular flexibility index (Phi) is 7.23. The fourth-order valence-electron chi connectivity index (χ4n) is 4.31. The van der Waals surface area contributed by atoms with Gasteiger partial charge in [0.05, 0.1) is 34.1 Å². The predicted molar refractivity (Wildman–Crippen MR) is 142 cm³/mol. The highest BCUT2D eigenvalue weighted by Crippen LogP contribution is 2.31. The molecule has 37 heavy (non-hydrogen) atoms. The Balaban J connectivity index is 1.39. The smallest absolute Gasteiger partial charge is 0.338 e. The first-order valence-corrected chi connectivity index (χ1v) is 12.5. The number of amides is 1. The molecule has 7 nitrogen and oxygen atoms in total. The zero-order valence-electron chi connectivity index (χ0n) is 21.0. The first-order valence-electron chi connectivity index (χ1n) is 12.5. The van der Waals surface area contributed by atoms with Gasteiger partial charge >= 0.3 is 5.97 Å². The number of esters is 1. The van der Waals surface area contributed by atoms with Crippen molar-refractivity contribution in [1.82, 2.24) is 15.3 Å². The van der Waals surface area contributed by atoms with Crippen LogP contribution in [0.15, 0.2) is 66.7 Å². The summed E-state index contributed by atoms with van der Waals surface area (Å²) in [6.07, 6.45) is 1.96. The average molecular weight is 496 g/mol. The number of hydrogen-bond acceptors (Lipinski definition) is 6. The number of carbonyl (C=O) groups is 2. The third kappa shape index (κ3) is 5.84. The van der Waals surface area contributed by atoms with Crippen LogP contribution < -0.4 is 5.32 Å². The van der Waals surface area contributed by atoms with Gasteiger partial charge in [-0.15, -0.1) is 0 Å². The van der Waals surface area contributed by atoms with Crippen LogP contribution in [0.25, 0.3) is 33.5 Å². The zero-order chi connectivity index (χ0) is 25.8. The SMILES string of the molecule is Cc1ccc(-c2nc3ccc(C(=O)OCC(=O)NCC4CCCO4)cc3nc2-c2ccc(C)cc2)cc1. The molecule has 188 valence electrons. The number of fused-ring (bicyclic) bond motifs is 1. The van der Waals surface area contributed by atoms with Crippen molar-refractivity contribution in [3.8, 4) is 22.5 Å². The van der Waals surface area contributed by atoms with Gasteiger partial charge in [0.25, 0.3) is 5.91 Å². The molecule has 0 saturated carbocycles. The molecule has 2 heterocycles. The van der Waals surface area contributed by atoms with E-state index < -0.39 is 5.97 Å². The maximum atomic E-state index is 12.7. The van der Waals surface area contributed by atoms with Crippen LogP contribution in [0.1, 0.15) is 34.3 Å². The van der Waals surface area contributed by atoms with E-state index in [1.807, 2.05) is 50.2 Å². The molecular formula is C30H29N3O4. The van der Waals surface area contributed by atoms with Gasteiger partial charge in [-0.1, -0.05) is 59.7 Å². The van der Waals surface area contributed by atoms with Crippen LogP contribution in [0.5, 0.6) is 0 Å². The highest BCUT2D eigenvalue weighted by atomic mass is 16.5. The molecule has 0 aliphatic carbocycles. The van der Waals surface area contributed by atoms with Gasteiger partial charge < -0.3 is 14.8 Å². The van der Waals surface area contributed by atoms with Gasteiger partial charge in [-0.05, 0) is 44.9 Å². The van der Waals surface area contributed by atoms with Crippen molar-refractivity contribution in [2.45, 2.75) is 32.8 Å². The lowest BCUT2D eigenvalue weighted by Crippen LogP contribution is -2.34. The molecule has 1 atom stereocenters. The van der Waals surface area contributed by atoms with Gasteiger partial charge in [0.15, 0.2) is 6.61 Å². The molecule has 1 N–H and O–H groups in total. The van der Waals surface area contributed by atoms with E-state index in [0.29, 0.717) is 23.1 Å². The van der Waals surface area contributed by atoms with Crippen molar-refractivity contribution >= 4 is 22.9 Å². The number of nitrogens with zero attached hydrogens (tertiary/aromatic N) is 2. The number of carbonyl (C=O) groups excluding carboxylic acids is 2. The number of nitrogens with one attached hydrogen (secondary N) is 1. The minimum atomic E-state index is -0.588.